The maximum Gasteiger partial charge on any atom is 0.234 e. The highest BCUT2D eigenvalue weighted by atomic mass is 32.2. The zero-order valence-electron chi connectivity index (χ0n) is 13.5. The number of hydrogen-bond donors (Lipinski definition) is 1. The first kappa shape index (κ1) is 16.0. The van der Waals surface area contributed by atoms with E-state index in [-0.39, 0.29) is 17.7 Å². The van der Waals surface area contributed by atoms with Crippen molar-refractivity contribution in [2.75, 3.05) is 0 Å². The molecule has 1 atom stereocenters. The summed E-state index contributed by atoms with van der Waals surface area (Å²) < 4.78 is 5.62. The van der Waals surface area contributed by atoms with Gasteiger partial charge in [0.1, 0.15) is 5.58 Å². The van der Waals surface area contributed by atoms with Gasteiger partial charge >= 0.3 is 0 Å². The van der Waals surface area contributed by atoms with Gasteiger partial charge in [-0.15, -0.1) is 11.8 Å². The van der Waals surface area contributed by atoms with Crippen LogP contribution < -0.4 is 5.32 Å². The van der Waals surface area contributed by atoms with Crippen molar-refractivity contribution in [3.63, 3.8) is 0 Å². The molecule has 0 bridgehead atoms. The first-order chi connectivity index (χ1) is 12.2. The number of benzene rings is 2. The van der Waals surface area contributed by atoms with Crippen molar-refractivity contribution in [2.45, 2.75) is 29.4 Å². The van der Waals surface area contributed by atoms with Crippen molar-refractivity contribution >= 4 is 34.5 Å². The van der Waals surface area contributed by atoms with E-state index in [1.54, 1.807) is 18.0 Å². The van der Waals surface area contributed by atoms with E-state index in [1.807, 2.05) is 30.3 Å². The minimum atomic E-state index is -0.326. The highest BCUT2D eigenvalue weighted by molar-refractivity contribution is 7.98. The molecule has 0 aliphatic carbocycles. The normalized spacial score (nSPS) is 17.7. The van der Waals surface area contributed by atoms with Crippen molar-refractivity contribution in [1.29, 1.82) is 0 Å². The van der Waals surface area contributed by atoms with Gasteiger partial charge < -0.3 is 4.42 Å². The first-order valence-corrected chi connectivity index (χ1v) is 9.21. The largest absolute Gasteiger partial charge is 0.464 e. The van der Waals surface area contributed by atoms with E-state index in [9.17, 15) is 9.59 Å². The van der Waals surface area contributed by atoms with Gasteiger partial charge in [-0.1, -0.05) is 30.3 Å². The lowest BCUT2D eigenvalue weighted by molar-refractivity contribution is -0.134. The monoisotopic (exact) mass is 351 g/mol. The van der Waals surface area contributed by atoms with E-state index in [4.69, 9.17) is 4.42 Å². The van der Waals surface area contributed by atoms with Gasteiger partial charge in [-0.05, 0) is 30.2 Å². The summed E-state index contributed by atoms with van der Waals surface area (Å²) in [6, 6.07) is 16.4. The van der Waals surface area contributed by atoms with E-state index in [0.29, 0.717) is 12.8 Å². The zero-order valence-corrected chi connectivity index (χ0v) is 14.3. The van der Waals surface area contributed by atoms with Gasteiger partial charge in [0.05, 0.1) is 12.2 Å². The summed E-state index contributed by atoms with van der Waals surface area (Å²) in [5.74, 6) is 0.126. The average Bonchev–Trinajstić information content (AvgIpc) is 3.04. The molecule has 1 saturated heterocycles. The molecule has 4 nitrogen and oxygen atoms in total. The second kappa shape index (κ2) is 6.76. The Bertz CT molecular complexity index is 933. The molecule has 2 amide bonds. The van der Waals surface area contributed by atoms with Crippen LogP contribution in [0.5, 0.6) is 0 Å². The molecule has 126 valence electrons. The van der Waals surface area contributed by atoms with Crippen molar-refractivity contribution in [3.05, 3.63) is 65.9 Å². The van der Waals surface area contributed by atoms with Gasteiger partial charge in [0.25, 0.3) is 0 Å². The molecule has 4 rings (SSSR count). The van der Waals surface area contributed by atoms with Crippen molar-refractivity contribution in [3.8, 4) is 0 Å². The maximum atomic E-state index is 12.2. The number of carbonyl (C=O) groups excluding carboxylic acids is 2. The Balaban J connectivity index is 1.59. The molecule has 1 N–H and O–H groups in total. The van der Waals surface area contributed by atoms with Crippen LogP contribution >= 0.6 is 11.8 Å². The SMILES string of the molecule is O=C1CCC(c2coc3ccc(SCc4ccccc4)cc23)C(=O)N1. The number of thioether (sulfide) groups is 1. The highest BCUT2D eigenvalue weighted by Crippen LogP contribution is 2.35. The topological polar surface area (TPSA) is 59.3 Å². The van der Waals surface area contributed by atoms with Gasteiger partial charge in [-0.3, -0.25) is 14.9 Å². The summed E-state index contributed by atoms with van der Waals surface area (Å²) in [7, 11) is 0. The van der Waals surface area contributed by atoms with E-state index >= 15 is 0 Å². The number of imide groups is 1. The quantitative estimate of drug-likeness (QED) is 0.564. The molecule has 1 unspecified atom stereocenters. The molecule has 1 fully saturated rings. The second-order valence-corrected chi connectivity index (χ2v) is 7.18. The fourth-order valence-corrected chi connectivity index (χ4v) is 4.01. The Morgan fingerprint density at radius 3 is 2.76 bits per heavy atom. The van der Waals surface area contributed by atoms with Crippen LogP contribution in [0.3, 0.4) is 0 Å². The summed E-state index contributed by atoms with van der Waals surface area (Å²) in [5, 5.41) is 3.37. The number of amides is 2. The van der Waals surface area contributed by atoms with Crippen LogP contribution in [0, 0.1) is 0 Å². The molecule has 0 radical (unpaired) electrons. The van der Waals surface area contributed by atoms with Gasteiger partial charge in [0.15, 0.2) is 0 Å². The smallest absolute Gasteiger partial charge is 0.234 e. The number of hydrogen-bond acceptors (Lipinski definition) is 4. The summed E-state index contributed by atoms with van der Waals surface area (Å²) in [5.41, 5.74) is 2.90. The third-order valence-corrected chi connectivity index (χ3v) is 5.50. The van der Waals surface area contributed by atoms with Crippen LogP contribution in [0.2, 0.25) is 0 Å². The van der Waals surface area contributed by atoms with Crippen molar-refractivity contribution in [2.24, 2.45) is 0 Å². The molecule has 0 spiro atoms. The lowest BCUT2D eigenvalue weighted by Gasteiger charge is -2.19. The molecule has 3 aromatic rings. The predicted octanol–water partition coefficient (Wildman–Crippen LogP) is 4.25. The van der Waals surface area contributed by atoms with Crippen LogP contribution in [0.4, 0.5) is 0 Å². The molecule has 2 heterocycles. The molecule has 1 aliphatic heterocycles. The average molecular weight is 351 g/mol. The molecular formula is C20H17NO3S. The molecule has 1 aromatic heterocycles. The molecule has 0 saturated carbocycles. The third kappa shape index (κ3) is 3.33. The van der Waals surface area contributed by atoms with E-state index in [1.165, 1.54) is 5.56 Å². The standard InChI is InChI=1S/C20H17NO3S/c22-19-9-7-15(20(23)21-19)17-11-24-18-8-6-14(10-16(17)18)25-12-13-4-2-1-3-5-13/h1-6,8,10-11,15H,7,9,12H2,(H,21,22,23). The summed E-state index contributed by atoms with van der Waals surface area (Å²) in [4.78, 5) is 24.7. The number of piperidine rings is 1. The summed E-state index contributed by atoms with van der Waals surface area (Å²) >= 11 is 1.75. The molecule has 1 aliphatic rings. The Kier molecular flexibility index (Phi) is 4.32. The van der Waals surface area contributed by atoms with Gasteiger partial charge in [-0.2, -0.15) is 0 Å². The number of carbonyl (C=O) groups is 2. The van der Waals surface area contributed by atoms with Crippen LogP contribution in [0.25, 0.3) is 11.0 Å². The Morgan fingerprint density at radius 1 is 1.12 bits per heavy atom. The predicted molar refractivity (Wildman–Crippen MR) is 97.3 cm³/mol. The Labute approximate surface area is 149 Å². The Hall–Kier alpha value is -2.53. The second-order valence-electron chi connectivity index (χ2n) is 6.13. The number of rotatable bonds is 4. The van der Waals surface area contributed by atoms with Crippen molar-refractivity contribution in [1.82, 2.24) is 5.32 Å². The minimum absolute atomic E-state index is 0.201. The van der Waals surface area contributed by atoms with E-state index in [2.05, 4.69) is 23.5 Å². The highest BCUT2D eigenvalue weighted by Gasteiger charge is 2.30. The van der Waals surface area contributed by atoms with Gasteiger partial charge in [0.2, 0.25) is 11.8 Å². The summed E-state index contributed by atoms with van der Waals surface area (Å²) in [6.07, 6.45) is 2.54. The fraction of sp³-hybridized carbons (Fsp3) is 0.200. The van der Waals surface area contributed by atoms with Gasteiger partial charge in [0, 0.05) is 28.0 Å². The molecule has 2 aromatic carbocycles. The van der Waals surface area contributed by atoms with E-state index < -0.39 is 0 Å². The lowest BCUT2D eigenvalue weighted by atomic mass is 9.90. The molecular weight excluding hydrogens is 334 g/mol. The lowest BCUT2D eigenvalue weighted by Crippen LogP contribution is -2.39. The fourth-order valence-electron chi connectivity index (χ4n) is 3.12. The molecule has 5 heteroatoms. The van der Waals surface area contributed by atoms with Crippen molar-refractivity contribution < 1.29 is 14.0 Å². The van der Waals surface area contributed by atoms with Crippen LogP contribution in [-0.4, -0.2) is 11.8 Å². The summed E-state index contributed by atoms with van der Waals surface area (Å²) in [6.45, 7) is 0. The third-order valence-electron chi connectivity index (χ3n) is 4.44. The number of nitrogens with one attached hydrogen (secondary N) is 1. The van der Waals surface area contributed by atoms with Crippen LogP contribution in [0.1, 0.15) is 29.9 Å². The molecule has 25 heavy (non-hydrogen) atoms. The van der Waals surface area contributed by atoms with E-state index in [0.717, 1.165) is 27.2 Å². The minimum Gasteiger partial charge on any atom is -0.464 e. The number of fused-ring (bicyclic) bond motifs is 1. The van der Waals surface area contributed by atoms with Crippen LogP contribution in [-0.2, 0) is 15.3 Å². The Morgan fingerprint density at radius 2 is 1.96 bits per heavy atom. The number of furan rings is 1. The maximum absolute atomic E-state index is 12.2. The first-order valence-electron chi connectivity index (χ1n) is 8.22. The van der Waals surface area contributed by atoms with Crippen LogP contribution in [0.15, 0.2) is 64.1 Å². The zero-order chi connectivity index (χ0) is 17.2. The van der Waals surface area contributed by atoms with Gasteiger partial charge in [-0.25, -0.2) is 0 Å².